The summed E-state index contributed by atoms with van der Waals surface area (Å²) >= 11 is 5.16. The van der Waals surface area contributed by atoms with Crippen molar-refractivity contribution in [2.24, 2.45) is 10.8 Å². The predicted octanol–water partition coefficient (Wildman–Crippen LogP) is -5.71. The van der Waals surface area contributed by atoms with Crippen LogP contribution in [0.2, 0.25) is 0 Å². The molecule has 26 heteroatoms. The SMILES string of the molecule is CC(C)(C)C(=O)OCCl.CC(C)(C)C(=O)OCN1C(=O)CCC(n2nnc3cccc(N)c3c2=O)C1=O.Nc1cccc2nnn(C3CCC(=O)NC3=O)c(=O)c12.O=CO[O-].[Cs+].[Cs+].[H-]. The molecule has 2 unspecified atom stereocenters. The van der Waals surface area contributed by atoms with Crippen LogP contribution in [0, 0.1) is 10.8 Å². The fourth-order valence-corrected chi connectivity index (χ4v) is 5.46. The number of anilines is 2. The first-order valence-electron chi connectivity index (χ1n) is 18.2. The number of likely N-dealkylation sites (tertiary alicyclic amines) is 1. The normalized spacial score (nSPS) is 15.9. The first kappa shape index (κ1) is 58.2. The molecule has 2 atom stereocenters. The van der Waals surface area contributed by atoms with Gasteiger partial charge in [-0.1, -0.05) is 34.2 Å². The second-order valence-electron chi connectivity index (χ2n) is 15.1. The topological polar surface area (TPSA) is 333 Å². The van der Waals surface area contributed by atoms with Crippen molar-refractivity contribution in [2.45, 2.75) is 79.3 Å². The summed E-state index contributed by atoms with van der Waals surface area (Å²) in [5, 5.41) is 26.5. The fourth-order valence-electron chi connectivity index (χ4n) is 5.36. The van der Waals surface area contributed by atoms with Crippen molar-refractivity contribution in [3.8, 4) is 0 Å². The number of halogens is 1. The summed E-state index contributed by atoms with van der Waals surface area (Å²) in [6.45, 7) is 9.62. The molecular weight excluding hydrogens is 1090 g/mol. The largest absolute Gasteiger partial charge is 1.00 e. The first-order valence-corrected chi connectivity index (χ1v) is 18.7. The van der Waals surface area contributed by atoms with E-state index in [1.807, 2.05) is 0 Å². The molecule has 63 heavy (non-hydrogen) atoms. The summed E-state index contributed by atoms with van der Waals surface area (Å²) in [5.41, 5.74) is 10.6. The van der Waals surface area contributed by atoms with Crippen LogP contribution in [0.15, 0.2) is 46.0 Å². The number of piperidine rings is 2. The number of carbonyl (C=O) groups excluding carboxylic acids is 7. The quantitative estimate of drug-likeness (QED) is 0.0308. The second-order valence-corrected chi connectivity index (χ2v) is 15.4. The van der Waals surface area contributed by atoms with E-state index in [0.717, 1.165) is 14.3 Å². The number of nitrogens with one attached hydrogen (secondary N) is 1. The van der Waals surface area contributed by atoms with E-state index in [4.69, 9.17) is 37.9 Å². The van der Waals surface area contributed by atoms with E-state index in [1.165, 1.54) is 0 Å². The van der Waals surface area contributed by atoms with E-state index in [9.17, 15) is 38.4 Å². The van der Waals surface area contributed by atoms with Crippen LogP contribution in [0.25, 0.3) is 21.8 Å². The summed E-state index contributed by atoms with van der Waals surface area (Å²) in [4.78, 5) is 108. The second kappa shape index (κ2) is 26.4. The van der Waals surface area contributed by atoms with E-state index < -0.39 is 64.5 Å². The van der Waals surface area contributed by atoms with Gasteiger partial charge in [0, 0.05) is 24.2 Å². The zero-order chi connectivity index (χ0) is 45.8. The van der Waals surface area contributed by atoms with E-state index in [-0.39, 0.29) is 211 Å². The number of imide groups is 2. The van der Waals surface area contributed by atoms with Crippen LogP contribution < -0.4 is 171 Å². The van der Waals surface area contributed by atoms with Crippen molar-refractivity contribution in [2.75, 3.05) is 24.3 Å². The van der Waals surface area contributed by atoms with Gasteiger partial charge in [-0.05, 0) is 78.6 Å². The summed E-state index contributed by atoms with van der Waals surface area (Å²) < 4.78 is 11.5. The molecule has 0 radical (unpaired) electrons. The summed E-state index contributed by atoms with van der Waals surface area (Å²) in [5.74, 6) is -2.88. The molecule has 4 amide bonds. The monoisotopic (exact) mass is 1140 g/mol. The molecule has 6 rings (SSSR count). The van der Waals surface area contributed by atoms with Gasteiger partial charge in [-0.2, -0.15) is 9.36 Å². The zero-order valence-electron chi connectivity index (χ0n) is 36.9. The smallest absolute Gasteiger partial charge is 1.00 e. The van der Waals surface area contributed by atoms with Crippen LogP contribution in [-0.4, -0.2) is 89.7 Å². The van der Waals surface area contributed by atoms with Gasteiger partial charge in [0.1, 0.15) is 23.1 Å². The van der Waals surface area contributed by atoms with Gasteiger partial charge in [-0.25, -0.2) is 4.90 Å². The van der Waals surface area contributed by atoms with Crippen LogP contribution in [0.5, 0.6) is 0 Å². The third-order valence-electron chi connectivity index (χ3n) is 8.55. The number of ether oxygens (including phenoxy) is 2. The van der Waals surface area contributed by atoms with Gasteiger partial charge in [-0.3, -0.25) is 48.5 Å². The molecule has 2 aromatic carbocycles. The number of alkyl halides is 1. The average Bonchev–Trinajstić information content (AvgIpc) is 3.19. The fraction of sp³-hybridized carbons (Fsp3) is 0.432. The Morgan fingerprint density at radius 1 is 0.810 bits per heavy atom. The van der Waals surface area contributed by atoms with Gasteiger partial charge in [0.2, 0.25) is 11.8 Å². The predicted molar refractivity (Wildman–Crippen MR) is 213 cm³/mol. The number of fused-ring (bicyclic) bond motifs is 2. The van der Waals surface area contributed by atoms with Gasteiger partial charge in [-0.15, -0.1) is 10.2 Å². The average molecular weight is 1140 g/mol. The Morgan fingerprint density at radius 2 is 1.25 bits per heavy atom. The summed E-state index contributed by atoms with van der Waals surface area (Å²) in [6, 6.07) is 7.74. The molecule has 5 N–H and O–H groups in total. The number of carbonyl (C=O) groups is 7. The zero-order valence-corrected chi connectivity index (χ0v) is 49.2. The van der Waals surface area contributed by atoms with Gasteiger partial charge in [0.05, 0.1) is 21.6 Å². The number of esters is 2. The maximum atomic E-state index is 12.8. The molecular formula is C37H45ClCs2N10O13. The van der Waals surface area contributed by atoms with Crippen LogP contribution in [0.4, 0.5) is 11.4 Å². The molecule has 23 nitrogen and oxygen atoms in total. The number of benzene rings is 2. The number of nitrogen functional groups attached to an aromatic ring is 2. The summed E-state index contributed by atoms with van der Waals surface area (Å²) in [7, 11) is 0. The van der Waals surface area contributed by atoms with Gasteiger partial charge in [0.15, 0.2) is 12.8 Å². The number of amides is 4. The number of nitrogens with zero attached hydrogens (tertiary/aromatic N) is 7. The number of hydrogen-bond donors (Lipinski definition) is 3. The molecule has 2 aromatic heterocycles. The molecule has 2 aliphatic rings. The molecule has 0 bridgehead atoms. The molecule has 4 heterocycles. The maximum Gasteiger partial charge on any atom is 1.00 e. The van der Waals surface area contributed by atoms with Crippen molar-refractivity contribution < 1.29 is 192 Å². The van der Waals surface area contributed by atoms with Crippen molar-refractivity contribution in [1.29, 1.82) is 0 Å². The van der Waals surface area contributed by atoms with E-state index >= 15 is 0 Å². The molecule has 0 spiro atoms. The molecule has 2 saturated heterocycles. The standard InChI is InChI=1S/C18H21N5O5.C12H11N5O3.C6H11ClO2.CH2O3.2Cs.H/c1-18(2,3)17(27)28-9-22-13(24)8-7-12(15(22)25)23-16(26)14-10(19)5-4-6-11(14)20-21-23;13-6-2-1-3-7-10(6)12(20)17(16-15-7)8-4-5-9(18)14-11(8)19;1-6(2,3)5(8)9-4-7;2-1-4-3;;;/h4-6,12H,7-9,19H2,1-3H3;1-3,8H,4-5,13H2,(H,14,18,19);4H2,1-3H3;1,3H;;;/q;;;;2*+1;-1/p-1. The Morgan fingerprint density at radius 3 is 1.67 bits per heavy atom. The minimum Gasteiger partial charge on any atom is -1.00 e. The van der Waals surface area contributed by atoms with Gasteiger partial charge < -0.3 is 32.5 Å². The molecule has 0 aliphatic carbocycles. The molecule has 2 fully saturated rings. The van der Waals surface area contributed by atoms with Crippen molar-refractivity contribution in [3.63, 3.8) is 0 Å². The third-order valence-corrected chi connectivity index (χ3v) is 8.66. The minimum absolute atomic E-state index is 0. The van der Waals surface area contributed by atoms with Crippen molar-refractivity contribution in [1.82, 2.24) is 40.2 Å². The van der Waals surface area contributed by atoms with E-state index in [0.29, 0.717) is 11.0 Å². The minimum atomic E-state index is -1.03. The Labute approximate surface area is 483 Å². The van der Waals surface area contributed by atoms with Gasteiger partial charge in [0.25, 0.3) is 29.4 Å². The number of hydrogen-bond acceptors (Lipinski definition) is 19. The molecule has 4 aromatic rings. The van der Waals surface area contributed by atoms with Crippen molar-refractivity contribution in [3.05, 3.63) is 57.1 Å². The Balaban J connectivity index is 0.000000963. The van der Waals surface area contributed by atoms with E-state index in [1.54, 1.807) is 77.9 Å². The van der Waals surface area contributed by atoms with Gasteiger partial charge >= 0.3 is 150 Å². The Bertz CT molecular complexity index is 2450. The van der Waals surface area contributed by atoms with Crippen LogP contribution >= 0.6 is 11.6 Å². The van der Waals surface area contributed by atoms with Crippen molar-refractivity contribution >= 4 is 86.8 Å². The summed E-state index contributed by atoms with van der Waals surface area (Å²) in [6.07, 6.45) is 0.471. The van der Waals surface area contributed by atoms with Crippen LogP contribution in [0.1, 0.15) is 80.7 Å². The maximum absolute atomic E-state index is 12.8. The first-order chi connectivity index (χ1) is 28.6. The Kier molecular flexibility index (Phi) is 24.4. The number of rotatable bonds is 6. The Hall–Kier alpha value is -2.78. The number of aromatic nitrogens is 6. The van der Waals surface area contributed by atoms with Crippen LogP contribution in [-0.2, 0) is 47.9 Å². The molecule has 2 aliphatic heterocycles. The third kappa shape index (κ3) is 16.0. The van der Waals surface area contributed by atoms with E-state index in [2.05, 4.69) is 35.6 Å². The van der Waals surface area contributed by atoms with Crippen LogP contribution in [0.3, 0.4) is 0 Å². The number of nitrogens with two attached hydrogens (primary N) is 2. The molecule has 0 saturated carbocycles. The molecule has 330 valence electrons.